The molecule has 26 heavy (non-hydrogen) atoms. The monoisotopic (exact) mass is 375 g/mol. The molecule has 1 unspecified atom stereocenters. The Morgan fingerprint density at radius 1 is 1.23 bits per heavy atom. The molecule has 0 saturated carbocycles. The van der Waals surface area contributed by atoms with Crippen LogP contribution in [0.1, 0.15) is 23.6 Å². The van der Waals surface area contributed by atoms with E-state index in [1.54, 1.807) is 30.3 Å². The number of rotatable bonds is 7. The molecule has 0 saturated heterocycles. The van der Waals surface area contributed by atoms with Crippen molar-refractivity contribution in [1.29, 1.82) is 0 Å². The van der Waals surface area contributed by atoms with E-state index < -0.39 is 12.0 Å². The molecule has 1 amide bonds. The van der Waals surface area contributed by atoms with Crippen LogP contribution in [0.15, 0.2) is 47.4 Å². The molecule has 136 valence electrons. The summed E-state index contributed by atoms with van der Waals surface area (Å²) in [5.74, 6) is -0.523. The zero-order valence-corrected chi connectivity index (χ0v) is 14.7. The standard InChI is InChI=1S/C19H18FNO4S/c20-14-2-4-15(5-3-14)26-10-8-17(22)21-18(19(23)24)13-1-6-16-12(11-13)7-9-25-16/h1-6,11,18H,7-10H2,(H,21,22)(H,23,24). The van der Waals surface area contributed by atoms with E-state index in [1.165, 1.54) is 23.9 Å². The molecule has 0 spiro atoms. The van der Waals surface area contributed by atoms with Gasteiger partial charge in [0.15, 0.2) is 6.04 Å². The Labute approximate surface area is 154 Å². The van der Waals surface area contributed by atoms with Gasteiger partial charge in [0.1, 0.15) is 11.6 Å². The average molecular weight is 375 g/mol. The maximum Gasteiger partial charge on any atom is 0.330 e. The zero-order chi connectivity index (χ0) is 18.5. The van der Waals surface area contributed by atoms with E-state index in [-0.39, 0.29) is 18.1 Å². The molecule has 2 aromatic carbocycles. The summed E-state index contributed by atoms with van der Waals surface area (Å²) >= 11 is 1.41. The first-order chi connectivity index (χ1) is 12.5. The second-order valence-electron chi connectivity index (χ2n) is 5.86. The second-order valence-corrected chi connectivity index (χ2v) is 7.03. The Bertz CT molecular complexity index is 810. The zero-order valence-electron chi connectivity index (χ0n) is 13.9. The normalized spacial score (nSPS) is 13.6. The van der Waals surface area contributed by atoms with Crippen LogP contribution >= 0.6 is 11.8 Å². The molecule has 0 aromatic heterocycles. The molecule has 3 rings (SSSR count). The van der Waals surface area contributed by atoms with Crippen molar-refractivity contribution in [3.63, 3.8) is 0 Å². The minimum atomic E-state index is -1.11. The largest absolute Gasteiger partial charge is 0.493 e. The number of carboxylic acids is 1. The molecule has 0 bridgehead atoms. The fourth-order valence-corrected chi connectivity index (χ4v) is 3.55. The molecule has 2 aromatic rings. The van der Waals surface area contributed by atoms with Crippen LogP contribution in [0, 0.1) is 5.82 Å². The van der Waals surface area contributed by atoms with Gasteiger partial charge in [-0.05, 0) is 47.5 Å². The Morgan fingerprint density at radius 3 is 2.73 bits per heavy atom. The number of halogens is 1. The maximum absolute atomic E-state index is 12.9. The number of benzene rings is 2. The highest BCUT2D eigenvalue weighted by Gasteiger charge is 2.24. The fraction of sp³-hybridized carbons (Fsp3) is 0.263. The van der Waals surface area contributed by atoms with E-state index in [9.17, 15) is 19.1 Å². The Kier molecular flexibility index (Phi) is 5.78. The van der Waals surface area contributed by atoms with Crippen molar-refractivity contribution in [2.75, 3.05) is 12.4 Å². The van der Waals surface area contributed by atoms with E-state index >= 15 is 0 Å². The number of aliphatic carboxylic acids is 1. The molecule has 1 aliphatic heterocycles. The number of thioether (sulfide) groups is 1. The average Bonchev–Trinajstić information content (AvgIpc) is 3.09. The van der Waals surface area contributed by atoms with Crippen molar-refractivity contribution in [2.24, 2.45) is 0 Å². The SMILES string of the molecule is O=C(CCSc1ccc(F)cc1)NC(C(=O)O)c1ccc2c(c1)CCO2. The lowest BCUT2D eigenvalue weighted by Gasteiger charge is -2.16. The molecule has 0 fully saturated rings. The van der Waals surface area contributed by atoms with Gasteiger partial charge in [-0.15, -0.1) is 11.8 Å². The first-order valence-corrected chi connectivity index (χ1v) is 9.17. The number of fused-ring (bicyclic) bond motifs is 1. The Balaban J connectivity index is 1.56. The summed E-state index contributed by atoms with van der Waals surface area (Å²) in [5.41, 5.74) is 1.48. The van der Waals surface area contributed by atoms with Crippen molar-refractivity contribution < 1.29 is 23.8 Å². The van der Waals surface area contributed by atoms with Gasteiger partial charge >= 0.3 is 5.97 Å². The number of carbonyl (C=O) groups is 2. The summed E-state index contributed by atoms with van der Waals surface area (Å²) in [6.45, 7) is 0.587. The molecular weight excluding hydrogens is 357 g/mol. The van der Waals surface area contributed by atoms with Gasteiger partial charge in [-0.2, -0.15) is 0 Å². The quantitative estimate of drug-likeness (QED) is 0.727. The molecule has 0 aliphatic carbocycles. The van der Waals surface area contributed by atoms with Crippen molar-refractivity contribution in [2.45, 2.75) is 23.8 Å². The number of amides is 1. The minimum Gasteiger partial charge on any atom is -0.493 e. The molecular formula is C19H18FNO4S. The fourth-order valence-electron chi connectivity index (χ4n) is 2.70. The van der Waals surface area contributed by atoms with Gasteiger partial charge in [-0.25, -0.2) is 9.18 Å². The summed E-state index contributed by atoms with van der Waals surface area (Å²) in [5, 5.41) is 12.0. The van der Waals surface area contributed by atoms with E-state index in [0.717, 1.165) is 22.6 Å². The summed E-state index contributed by atoms with van der Waals surface area (Å²) in [4.78, 5) is 24.6. The van der Waals surface area contributed by atoms with Crippen LogP contribution in [0.5, 0.6) is 5.75 Å². The first-order valence-electron chi connectivity index (χ1n) is 8.19. The summed E-state index contributed by atoms with van der Waals surface area (Å²) < 4.78 is 18.3. The van der Waals surface area contributed by atoms with Crippen LogP contribution in [0.4, 0.5) is 4.39 Å². The highest BCUT2D eigenvalue weighted by Crippen LogP contribution is 2.28. The van der Waals surface area contributed by atoms with Crippen molar-refractivity contribution >= 4 is 23.6 Å². The van der Waals surface area contributed by atoms with Gasteiger partial charge in [-0.3, -0.25) is 4.79 Å². The predicted octanol–water partition coefficient (Wildman–Crippen LogP) is 3.18. The summed E-state index contributed by atoms with van der Waals surface area (Å²) in [6, 6.07) is 10.1. The van der Waals surface area contributed by atoms with Crippen molar-refractivity contribution in [3.8, 4) is 5.75 Å². The summed E-state index contributed by atoms with van der Waals surface area (Å²) in [6.07, 6.45) is 0.900. The third-order valence-electron chi connectivity index (χ3n) is 4.01. The van der Waals surface area contributed by atoms with Gasteiger partial charge in [0.2, 0.25) is 5.91 Å². The lowest BCUT2D eigenvalue weighted by atomic mass is 10.0. The van der Waals surface area contributed by atoms with Gasteiger partial charge < -0.3 is 15.2 Å². The molecule has 1 atom stereocenters. The predicted molar refractivity (Wildman–Crippen MR) is 95.9 cm³/mol. The van der Waals surface area contributed by atoms with E-state index in [2.05, 4.69) is 5.32 Å². The molecule has 5 nitrogen and oxygen atoms in total. The molecule has 7 heteroatoms. The molecule has 1 heterocycles. The Morgan fingerprint density at radius 2 is 2.00 bits per heavy atom. The molecule has 2 N–H and O–H groups in total. The topological polar surface area (TPSA) is 75.6 Å². The number of carboxylic acid groups (broad SMARTS) is 1. The third-order valence-corrected chi connectivity index (χ3v) is 5.02. The van der Waals surface area contributed by atoms with Crippen LogP contribution in [0.2, 0.25) is 0 Å². The van der Waals surface area contributed by atoms with Crippen molar-refractivity contribution in [1.82, 2.24) is 5.32 Å². The lowest BCUT2D eigenvalue weighted by Crippen LogP contribution is -2.33. The summed E-state index contributed by atoms with van der Waals surface area (Å²) in [7, 11) is 0. The van der Waals surface area contributed by atoms with Crippen LogP contribution in [-0.4, -0.2) is 29.3 Å². The van der Waals surface area contributed by atoms with E-state index in [4.69, 9.17) is 4.74 Å². The number of carbonyl (C=O) groups excluding carboxylic acids is 1. The van der Waals surface area contributed by atoms with Crippen LogP contribution in [-0.2, 0) is 16.0 Å². The smallest absolute Gasteiger partial charge is 0.330 e. The van der Waals surface area contributed by atoms with Crippen LogP contribution in [0.25, 0.3) is 0 Å². The number of ether oxygens (including phenoxy) is 1. The number of hydrogen-bond acceptors (Lipinski definition) is 4. The molecule has 0 radical (unpaired) electrons. The van der Waals surface area contributed by atoms with Gasteiger partial charge in [0.05, 0.1) is 6.61 Å². The van der Waals surface area contributed by atoms with Crippen LogP contribution in [0.3, 0.4) is 0 Å². The highest BCUT2D eigenvalue weighted by molar-refractivity contribution is 7.99. The third kappa shape index (κ3) is 4.54. The van der Waals surface area contributed by atoms with E-state index in [1.807, 2.05) is 0 Å². The minimum absolute atomic E-state index is 0.167. The highest BCUT2D eigenvalue weighted by atomic mass is 32.2. The second kappa shape index (κ2) is 8.23. The number of nitrogens with one attached hydrogen (secondary N) is 1. The van der Waals surface area contributed by atoms with Crippen LogP contribution < -0.4 is 10.1 Å². The van der Waals surface area contributed by atoms with Gasteiger partial charge in [-0.1, -0.05) is 6.07 Å². The lowest BCUT2D eigenvalue weighted by molar-refractivity contribution is -0.142. The van der Waals surface area contributed by atoms with E-state index in [0.29, 0.717) is 17.9 Å². The maximum atomic E-state index is 12.9. The molecule has 1 aliphatic rings. The number of hydrogen-bond donors (Lipinski definition) is 2. The Hall–Kier alpha value is -2.54. The van der Waals surface area contributed by atoms with Crippen molar-refractivity contribution in [3.05, 3.63) is 59.4 Å². The van der Waals surface area contributed by atoms with Gasteiger partial charge in [0, 0.05) is 23.5 Å². The van der Waals surface area contributed by atoms with Gasteiger partial charge in [0.25, 0.3) is 0 Å². The first kappa shape index (κ1) is 18.3.